The number of nitrogens with one attached hydrogen (secondary N) is 1. The Hall–Kier alpha value is -2.33. The van der Waals surface area contributed by atoms with E-state index >= 15 is 0 Å². The van der Waals surface area contributed by atoms with Gasteiger partial charge in [0.25, 0.3) is 5.91 Å². The van der Waals surface area contributed by atoms with E-state index in [1.54, 1.807) is 24.4 Å². The standard InChI is InChI=1S/C16H15ClN2O2/c1-11-5-3-4-6-12(11)10-18-19-16(20)14-9-13(17)7-8-15(14)21-2/h3-10H,1-2H3,(H,19,20). The lowest BCUT2D eigenvalue weighted by atomic mass is 10.1. The topological polar surface area (TPSA) is 50.7 Å². The third-order valence-corrected chi connectivity index (χ3v) is 3.20. The fraction of sp³-hybridized carbons (Fsp3) is 0.125. The molecule has 2 aromatic carbocycles. The number of nitrogens with zero attached hydrogens (tertiary/aromatic N) is 1. The minimum Gasteiger partial charge on any atom is -0.496 e. The second-order valence-corrected chi connectivity index (χ2v) is 4.84. The summed E-state index contributed by atoms with van der Waals surface area (Å²) in [6.45, 7) is 1.98. The molecular weight excluding hydrogens is 288 g/mol. The van der Waals surface area contributed by atoms with E-state index in [0.717, 1.165) is 11.1 Å². The number of ether oxygens (including phenoxy) is 1. The molecule has 0 aliphatic rings. The molecule has 0 saturated carbocycles. The highest BCUT2D eigenvalue weighted by Crippen LogP contribution is 2.22. The molecular formula is C16H15ClN2O2. The van der Waals surface area contributed by atoms with Crippen LogP contribution in [0.2, 0.25) is 5.02 Å². The first kappa shape index (κ1) is 15.1. The van der Waals surface area contributed by atoms with Crippen LogP contribution in [-0.2, 0) is 0 Å². The van der Waals surface area contributed by atoms with Crippen LogP contribution in [0.3, 0.4) is 0 Å². The highest BCUT2D eigenvalue weighted by molar-refractivity contribution is 6.31. The normalized spacial score (nSPS) is 10.6. The van der Waals surface area contributed by atoms with Gasteiger partial charge in [0.05, 0.1) is 18.9 Å². The van der Waals surface area contributed by atoms with Gasteiger partial charge in [-0.05, 0) is 36.2 Å². The van der Waals surface area contributed by atoms with Crippen LogP contribution >= 0.6 is 11.6 Å². The number of benzene rings is 2. The first-order chi connectivity index (χ1) is 10.1. The van der Waals surface area contributed by atoms with E-state index in [-0.39, 0.29) is 5.91 Å². The zero-order valence-corrected chi connectivity index (χ0v) is 12.5. The minimum absolute atomic E-state index is 0.340. The molecule has 0 saturated heterocycles. The molecule has 2 rings (SSSR count). The molecule has 0 heterocycles. The van der Waals surface area contributed by atoms with Gasteiger partial charge in [0.1, 0.15) is 5.75 Å². The molecule has 0 unspecified atom stereocenters. The van der Waals surface area contributed by atoms with Crippen molar-refractivity contribution >= 4 is 23.7 Å². The molecule has 5 heteroatoms. The van der Waals surface area contributed by atoms with Crippen LogP contribution < -0.4 is 10.2 Å². The first-order valence-corrected chi connectivity index (χ1v) is 6.72. The fourth-order valence-corrected chi connectivity index (χ4v) is 1.98. The number of hydrogen-bond donors (Lipinski definition) is 1. The van der Waals surface area contributed by atoms with Crippen LogP contribution in [0.25, 0.3) is 0 Å². The van der Waals surface area contributed by atoms with Gasteiger partial charge in [0.2, 0.25) is 0 Å². The predicted octanol–water partition coefficient (Wildman–Crippen LogP) is 3.42. The number of methoxy groups -OCH3 is 1. The molecule has 0 spiro atoms. The lowest BCUT2D eigenvalue weighted by Crippen LogP contribution is -2.18. The maximum Gasteiger partial charge on any atom is 0.275 e. The molecule has 0 aliphatic carbocycles. The van der Waals surface area contributed by atoms with E-state index in [4.69, 9.17) is 16.3 Å². The van der Waals surface area contributed by atoms with E-state index in [1.165, 1.54) is 7.11 Å². The Kier molecular flexibility index (Phi) is 4.95. The Morgan fingerprint density at radius 1 is 1.29 bits per heavy atom. The van der Waals surface area contributed by atoms with Crippen molar-refractivity contribution in [1.29, 1.82) is 0 Å². The van der Waals surface area contributed by atoms with Gasteiger partial charge in [0, 0.05) is 5.02 Å². The number of hydrogen-bond acceptors (Lipinski definition) is 3. The van der Waals surface area contributed by atoms with E-state index < -0.39 is 0 Å². The van der Waals surface area contributed by atoms with Crippen molar-refractivity contribution in [3.8, 4) is 5.75 Å². The Bertz CT molecular complexity index is 684. The van der Waals surface area contributed by atoms with Crippen molar-refractivity contribution < 1.29 is 9.53 Å². The van der Waals surface area contributed by atoms with E-state index in [1.807, 2.05) is 31.2 Å². The third kappa shape index (κ3) is 3.83. The van der Waals surface area contributed by atoms with Crippen molar-refractivity contribution in [1.82, 2.24) is 5.43 Å². The lowest BCUT2D eigenvalue weighted by molar-refractivity contribution is 0.0952. The molecule has 108 valence electrons. The van der Waals surface area contributed by atoms with Gasteiger partial charge in [-0.15, -0.1) is 0 Å². The van der Waals surface area contributed by atoms with Crippen LogP contribution in [0.4, 0.5) is 0 Å². The predicted molar refractivity (Wildman–Crippen MR) is 84.2 cm³/mol. The lowest BCUT2D eigenvalue weighted by Gasteiger charge is -2.07. The summed E-state index contributed by atoms with van der Waals surface area (Å²) >= 11 is 5.89. The molecule has 0 bridgehead atoms. The van der Waals surface area contributed by atoms with Crippen molar-refractivity contribution in [3.63, 3.8) is 0 Å². The molecule has 4 nitrogen and oxygen atoms in total. The summed E-state index contributed by atoms with van der Waals surface area (Å²) in [5, 5.41) is 4.42. The molecule has 0 fully saturated rings. The van der Waals surface area contributed by atoms with E-state index in [2.05, 4.69) is 10.5 Å². The van der Waals surface area contributed by atoms with Crippen molar-refractivity contribution in [2.45, 2.75) is 6.92 Å². The summed E-state index contributed by atoms with van der Waals surface area (Å²) in [5.74, 6) is 0.0715. The zero-order valence-electron chi connectivity index (χ0n) is 11.8. The Morgan fingerprint density at radius 2 is 2.05 bits per heavy atom. The van der Waals surface area contributed by atoms with Gasteiger partial charge < -0.3 is 4.74 Å². The second-order valence-electron chi connectivity index (χ2n) is 4.40. The SMILES string of the molecule is COc1ccc(Cl)cc1C(=O)NN=Cc1ccccc1C. The van der Waals surface area contributed by atoms with Gasteiger partial charge in [-0.1, -0.05) is 35.9 Å². The zero-order chi connectivity index (χ0) is 15.2. The minimum atomic E-state index is -0.376. The Labute approximate surface area is 128 Å². The summed E-state index contributed by atoms with van der Waals surface area (Å²) < 4.78 is 5.13. The van der Waals surface area contributed by atoms with Gasteiger partial charge in [-0.25, -0.2) is 5.43 Å². The van der Waals surface area contributed by atoms with Crippen LogP contribution in [0.15, 0.2) is 47.6 Å². The molecule has 0 radical (unpaired) electrons. The summed E-state index contributed by atoms with van der Waals surface area (Å²) in [5.41, 5.74) is 4.83. The molecule has 1 N–H and O–H groups in total. The maximum absolute atomic E-state index is 12.1. The van der Waals surface area contributed by atoms with E-state index in [9.17, 15) is 4.79 Å². The van der Waals surface area contributed by atoms with Crippen molar-refractivity contribution in [3.05, 3.63) is 64.2 Å². The van der Waals surface area contributed by atoms with Crippen LogP contribution in [0, 0.1) is 6.92 Å². The Morgan fingerprint density at radius 3 is 2.76 bits per heavy atom. The second kappa shape index (κ2) is 6.90. The van der Waals surface area contributed by atoms with Crippen LogP contribution in [0.1, 0.15) is 21.5 Å². The molecule has 0 aliphatic heterocycles. The van der Waals surface area contributed by atoms with Crippen LogP contribution in [-0.4, -0.2) is 19.2 Å². The van der Waals surface area contributed by atoms with Gasteiger partial charge in [-0.3, -0.25) is 4.79 Å². The molecule has 0 atom stereocenters. The average molecular weight is 303 g/mol. The summed E-state index contributed by atoms with van der Waals surface area (Å²) in [7, 11) is 1.50. The summed E-state index contributed by atoms with van der Waals surface area (Å²) in [6, 6.07) is 12.6. The number of rotatable bonds is 4. The highest BCUT2D eigenvalue weighted by Gasteiger charge is 2.12. The monoisotopic (exact) mass is 302 g/mol. The van der Waals surface area contributed by atoms with Gasteiger partial charge in [-0.2, -0.15) is 5.10 Å². The average Bonchev–Trinajstić information content (AvgIpc) is 2.49. The molecule has 0 aromatic heterocycles. The highest BCUT2D eigenvalue weighted by atomic mass is 35.5. The molecule has 1 amide bonds. The number of hydrazone groups is 1. The quantitative estimate of drug-likeness (QED) is 0.695. The smallest absolute Gasteiger partial charge is 0.275 e. The number of carbonyl (C=O) groups is 1. The number of halogens is 1. The van der Waals surface area contributed by atoms with Gasteiger partial charge >= 0.3 is 0 Å². The van der Waals surface area contributed by atoms with Crippen LogP contribution in [0.5, 0.6) is 5.75 Å². The molecule has 2 aromatic rings. The molecule has 21 heavy (non-hydrogen) atoms. The Balaban J connectivity index is 2.12. The maximum atomic E-state index is 12.1. The number of amides is 1. The fourth-order valence-electron chi connectivity index (χ4n) is 1.81. The van der Waals surface area contributed by atoms with Crippen molar-refractivity contribution in [2.24, 2.45) is 5.10 Å². The van der Waals surface area contributed by atoms with Gasteiger partial charge in [0.15, 0.2) is 0 Å². The summed E-state index contributed by atoms with van der Waals surface area (Å²) in [6.07, 6.45) is 1.60. The number of carbonyl (C=O) groups excluding carboxylic acids is 1. The van der Waals surface area contributed by atoms with E-state index in [0.29, 0.717) is 16.3 Å². The van der Waals surface area contributed by atoms with Crippen molar-refractivity contribution in [2.75, 3.05) is 7.11 Å². The third-order valence-electron chi connectivity index (χ3n) is 2.96. The largest absolute Gasteiger partial charge is 0.496 e. The number of aryl methyl sites for hydroxylation is 1. The summed E-state index contributed by atoms with van der Waals surface area (Å²) in [4.78, 5) is 12.1. The first-order valence-electron chi connectivity index (χ1n) is 6.34.